The molecule has 4 nitrogen and oxygen atoms in total. The molecular weight excluding hydrogens is 308 g/mol. The predicted octanol–water partition coefficient (Wildman–Crippen LogP) is 3.57. The van der Waals surface area contributed by atoms with Gasteiger partial charge in [0.25, 0.3) is 0 Å². The van der Waals surface area contributed by atoms with E-state index in [1.165, 1.54) is 17.4 Å². The molecule has 0 saturated heterocycles. The molecule has 3 rings (SSSR count). The highest BCUT2D eigenvalue weighted by atomic mass is 32.1. The number of aliphatic hydroxyl groups is 1. The highest BCUT2D eigenvalue weighted by Crippen LogP contribution is 2.28. The Bertz CT molecular complexity index is 813. The summed E-state index contributed by atoms with van der Waals surface area (Å²) in [5.74, 6) is -1.84. The number of aliphatic hydroxyl groups excluding tert-OH is 1. The summed E-state index contributed by atoms with van der Waals surface area (Å²) in [4.78, 5) is 5.07. The first-order valence-corrected chi connectivity index (χ1v) is 7.89. The average Bonchev–Trinajstić information content (AvgIpc) is 3.04. The van der Waals surface area contributed by atoms with Crippen LogP contribution in [0.25, 0.3) is 16.2 Å². The lowest BCUT2D eigenvalue weighted by atomic mass is 10.1. The Hall–Kier alpha value is -1.86. The third-order valence-electron chi connectivity index (χ3n) is 3.43. The van der Waals surface area contributed by atoms with Crippen molar-refractivity contribution in [3.8, 4) is 11.3 Å². The molecule has 2 aromatic heterocycles. The summed E-state index contributed by atoms with van der Waals surface area (Å²) >= 11 is 1.45. The Morgan fingerprint density at radius 1 is 1.27 bits per heavy atom. The van der Waals surface area contributed by atoms with Crippen LogP contribution in [0, 0.1) is 11.6 Å². The SMILES string of the molecule is CCCCc1nn2c(CO)c(-c3ccc(F)c(F)c3)nc2s1. The van der Waals surface area contributed by atoms with Gasteiger partial charge in [-0.25, -0.2) is 18.3 Å². The summed E-state index contributed by atoms with van der Waals surface area (Å²) in [6.45, 7) is 1.84. The smallest absolute Gasteiger partial charge is 0.213 e. The van der Waals surface area contributed by atoms with Crippen molar-refractivity contribution in [2.75, 3.05) is 0 Å². The van der Waals surface area contributed by atoms with Gasteiger partial charge in [0.15, 0.2) is 11.6 Å². The van der Waals surface area contributed by atoms with E-state index >= 15 is 0 Å². The summed E-state index contributed by atoms with van der Waals surface area (Å²) in [6.07, 6.45) is 2.99. The van der Waals surface area contributed by atoms with Crippen molar-refractivity contribution in [3.05, 3.63) is 40.5 Å². The summed E-state index contributed by atoms with van der Waals surface area (Å²) in [5, 5.41) is 15.0. The van der Waals surface area contributed by atoms with Crippen LogP contribution in [0.4, 0.5) is 8.78 Å². The molecule has 0 aliphatic carbocycles. The molecule has 0 radical (unpaired) electrons. The van der Waals surface area contributed by atoms with E-state index in [9.17, 15) is 13.9 Å². The molecule has 0 fully saturated rings. The number of aromatic nitrogens is 3. The second-order valence-corrected chi connectivity index (χ2v) is 6.03. The predicted molar refractivity (Wildman–Crippen MR) is 80.8 cm³/mol. The molecule has 0 spiro atoms. The van der Waals surface area contributed by atoms with E-state index in [4.69, 9.17) is 0 Å². The Morgan fingerprint density at radius 2 is 2.09 bits per heavy atom. The van der Waals surface area contributed by atoms with Crippen LogP contribution in [0.15, 0.2) is 18.2 Å². The van der Waals surface area contributed by atoms with Gasteiger partial charge in [-0.05, 0) is 24.6 Å². The second-order valence-electron chi connectivity index (χ2n) is 4.99. The number of fused-ring (bicyclic) bond motifs is 1. The summed E-state index contributed by atoms with van der Waals surface area (Å²) in [6, 6.07) is 3.58. The van der Waals surface area contributed by atoms with Crippen molar-refractivity contribution in [1.29, 1.82) is 0 Å². The zero-order valence-corrected chi connectivity index (χ0v) is 12.8. The van der Waals surface area contributed by atoms with Gasteiger partial charge in [-0.3, -0.25) is 0 Å². The van der Waals surface area contributed by atoms with Crippen LogP contribution in [-0.4, -0.2) is 19.7 Å². The fraction of sp³-hybridized carbons (Fsp3) is 0.333. The molecule has 22 heavy (non-hydrogen) atoms. The molecule has 0 atom stereocenters. The van der Waals surface area contributed by atoms with Crippen molar-refractivity contribution >= 4 is 16.3 Å². The van der Waals surface area contributed by atoms with E-state index in [1.54, 1.807) is 4.52 Å². The van der Waals surface area contributed by atoms with E-state index in [0.717, 1.165) is 36.4 Å². The fourth-order valence-corrected chi connectivity index (χ4v) is 3.23. The standard InChI is InChI=1S/C15H15F2N3OS/c1-2-3-4-13-19-20-12(8-21)14(18-15(20)22-13)9-5-6-10(16)11(17)7-9/h5-7,21H,2-4,8H2,1H3. The Balaban J connectivity index is 2.06. The van der Waals surface area contributed by atoms with Gasteiger partial charge in [-0.15, -0.1) is 0 Å². The maximum absolute atomic E-state index is 13.4. The molecule has 0 aliphatic rings. The average molecular weight is 323 g/mol. The Morgan fingerprint density at radius 3 is 2.77 bits per heavy atom. The molecule has 3 aromatic rings. The quantitative estimate of drug-likeness (QED) is 0.781. The van der Waals surface area contributed by atoms with Crippen molar-refractivity contribution in [3.63, 3.8) is 0 Å². The summed E-state index contributed by atoms with van der Waals surface area (Å²) in [5.41, 5.74) is 1.35. The number of rotatable bonds is 5. The molecule has 116 valence electrons. The monoisotopic (exact) mass is 323 g/mol. The molecule has 1 N–H and O–H groups in total. The fourth-order valence-electron chi connectivity index (χ4n) is 2.28. The largest absolute Gasteiger partial charge is 0.390 e. The third-order valence-corrected chi connectivity index (χ3v) is 4.39. The zero-order valence-electron chi connectivity index (χ0n) is 12.0. The minimum atomic E-state index is -0.936. The third kappa shape index (κ3) is 2.62. The van der Waals surface area contributed by atoms with Gasteiger partial charge < -0.3 is 5.11 Å². The number of halogens is 2. The van der Waals surface area contributed by atoms with Crippen LogP contribution in [-0.2, 0) is 13.0 Å². The van der Waals surface area contributed by atoms with E-state index in [1.807, 2.05) is 0 Å². The summed E-state index contributed by atoms with van der Waals surface area (Å²) < 4.78 is 28.0. The number of imidazole rings is 1. The highest BCUT2D eigenvalue weighted by Gasteiger charge is 2.18. The second kappa shape index (κ2) is 6.10. The molecule has 0 unspecified atom stereocenters. The number of unbranched alkanes of at least 4 members (excludes halogenated alkanes) is 1. The van der Waals surface area contributed by atoms with Crippen molar-refractivity contribution in [1.82, 2.24) is 14.6 Å². The molecule has 0 aliphatic heterocycles. The first kappa shape index (κ1) is 15.1. The van der Waals surface area contributed by atoms with Crippen LogP contribution >= 0.6 is 11.3 Å². The lowest BCUT2D eigenvalue weighted by Crippen LogP contribution is -1.97. The van der Waals surface area contributed by atoms with Gasteiger partial charge in [0.2, 0.25) is 4.96 Å². The summed E-state index contributed by atoms with van der Waals surface area (Å²) in [7, 11) is 0. The van der Waals surface area contributed by atoms with E-state index in [2.05, 4.69) is 17.0 Å². The lowest BCUT2D eigenvalue weighted by Gasteiger charge is -2.02. The molecule has 0 saturated carbocycles. The van der Waals surface area contributed by atoms with Gasteiger partial charge in [-0.1, -0.05) is 24.7 Å². The Kier molecular flexibility index (Phi) is 4.17. The maximum Gasteiger partial charge on any atom is 0.213 e. The van der Waals surface area contributed by atoms with Gasteiger partial charge in [0, 0.05) is 12.0 Å². The minimum absolute atomic E-state index is 0.271. The topological polar surface area (TPSA) is 50.4 Å². The van der Waals surface area contributed by atoms with E-state index in [-0.39, 0.29) is 6.61 Å². The first-order chi connectivity index (χ1) is 10.6. The molecule has 0 amide bonds. The molecule has 1 aromatic carbocycles. The maximum atomic E-state index is 13.4. The van der Waals surface area contributed by atoms with Gasteiger partial charge in [0.1, 0.15) is 5.01 Å². The molecule has 0 bridgehead atoms. The number of benzene rings is 1. The molecule has 7 heteroatoms. The van der Waals surface area contributed by atoms with Crippen molar-refractivity contribution < 1.29 is 13.9 Å². The molecule has 2 heterocycles. The van der Waals surface area contributed by atoms with Crippen LogP contribution in [0.1, 0.15) is 30.5 Å². The number of aryl methyl sites for hydroxylation is 1. The van der Waals surface area contributed by atoms with Gasteiger partial charge in [-0.2, -0.15) is 5.10 Å². The van der Waals surface area contributed by atoms with Crippen molar-refractivity contribution in [2.24, 2.45) is 0 Å². The van der Waals surface area contributed by atoms with Crippen molar-refractivity contribution in [2.45, 2.75) is 32.8 Å². The highest BCUT2D eigenvalue weighted by molar-refractivity contribution is 7.16. The number of nitrogens with zero attached hydrogens (tertiary/aromatic N) is 3. The normalized spacial score (nSPS) is 11.5. The Labute approximate surface area is 130 Å². The van der Waals surface area contributed by atoms with E-state index < -0.39 is 11.6 Å². The molecular formula is C15H15F2N3OS. The number of hydrogen-bond acceptors (Lipinski definition) is 4. The first-order valence-electron chi connectivity index (χ1n) is 7.07. The van der Waals surface area contributed by atoms with E-state index in [0.29, 0.717) is 21.9 Å². The van der Waals surface area contributed by atoms with Crippen LogP contribution in [0.3, 0.4) is 0 Å². The van der Waals surface area contributed by atoms with Crippen LogP contribution in [0.2, 0.25) is 0 Å². The number of hydrogen-bond donors (Lipinski definition) is 1. The van der Waals surface area contributed by atoms with Crippen LogP contribution in [0.5, 0.6) is 0 Å². The minimum Gasteiger partial charge on any atom is -0.390 e. The lowest BCUT2D eigenvalue weighted by molar-refractivity contribution is 0.275. The van der Waals surface area contributed by atoms with Crippen LogP contribution < -0.4 is 0 Å². The van der Waals surface area contributed by atoms with Gasteiger partial charge in [0.05, 0.1) is 18.0 Å². The zero-order chi connectivity index (χ0) is 15.7. The van der Waals surface area contributed by atoms with Gasteiger partial charge >= 0.3 is 0 Å².